The van der Waals surface area contributed by atoms with Crippen molar-refractivity contribution >= 4 is 34.9 Å². The van der Waals surface area contributed by atoms with Crippen molar-refractivity contribution in [2.24, 2.45) is 4.99 Å². The van der Waals surface area contributed by atoms with Gasteiger partial charge in [0, 0.05) is 12.1 Å². The van der Waals surface area contributed by atoms with Crippen LogP contribution in [-0.4, -0.2) is 6.21 Å². The maximum absolute atomic E-state index is 13.1. The molecule has 0 radical (unpaired) electrons. The first-order valence-corrected chi connectivity index (χ1v) is 9.24. The van der Waals surface area contributed by atoms with Gasteiger partial charge in [-0.25, -0.2) is 0 Å². The van der Waals surface area contributed by atoms with Crippen molar-refractivity contribution in [3.8, 4) is 0 Å². The monoisotopic (exact) mass is 357 g/mol. The molecule has 0 amide bonds. The molecule has 2 heterocycles. The average Bonchev–Trinajstić information content (AvgIpc) is 2.93. The summed E-state index contributed by atoms with van der Waals surface area (Å²) < 4.78 is 5.73. The van der Waals surface area contributed by atoms with Crippen molar-refractivity contribution in [2.75, 3.05) is 0 Å². The van der Waals surface area contributed by atoms with Gasteiger partial charge < -0.3 is 4.42 Å². The van der Waals surface area contributed by atoms with E-state index in [9.17, 15) is 4.79 Å². The molecule has 1 aromatic carbocycles. The first-order chi connectivity index (χ1) is 12.3. The molecule has 0 fully saturated rings. The normalized spacial score (nSPS) is 16.7. The molecule has 0 saturated heterocycles. The van der Waals surface area contributed by atoms with Crippen LogP contribution in [0.4, 0.5) is 0 Å². The van der Waals surface area contributed by atoms with Gasteiger partial charge in [0.15, 0.2) is 5.43 Å². The molecule has 3 nitrogen and oxygen atoms in total. The van der Waals surface area contributed by atoms with Crippen molar-refractivity contribution in [1.82, 2.24) is 0 Å². The Morgan fingerprint density at radius 1 is 1.36 bits per heavy atom. The number of hydrogen-bond donors (Lipinski definition) is 0. The van der Waals surface area contributed by atoms with Crippen molar-refractivity contribution < 1.29 is 4.42 Å². The molecule has 132 valence electrons. The molecule has 0 saturated carbocycles. The molecular weight excluding hydrogens is 334 g/mol. The van der Waals surface area contributed by atoms with E-state index < -0.39 is 0 Å². The molecule has 1 aliphatic heterocycles. The van der Waals surface area contributed by atoms with E-state index in [0.29, 0.717) is 22.4 Å². The number of nitrogens with zero attached hydrogens (tertiary/aromatic N) is 1. The molecule has 25 heavy (non-hydrogen) atoms. The van der Waals surface area contributed by atoms with Crippen molar-refractivity contribution in [1.29, 1.82) is 0 Å². The highest BCUT2D eigenvalue weighted by Gasteiger charge is 2.19. The summed E-state index contributed by atoms with van der Waals surface area (Å²) >= 11 is 6.03. The Labute approximate surface area is 153 Å². The first-order valence-electron chi connectivity index (χ1n) is 8.70. The molecule has 2 aromatic rings. The summed E-state index contributed by atoms with van der Waals surface area (Å²) in [5.41, 5.74) is 2.93. The summed E-state index contributed by atoms with van der Waals surface area (Å²) in [6.45, 7) is 5.92. The van der Waals surface area contributed by atoms with Crippen molar-refractivity contribution in [3.05, 3.63) is 63.5 Å². The topological polar surface area (TPSA) is 42.6 Å². The van der Waals surface area contributed by atoms with Gasteiger partial charge in [-0.3, -0.25) is 9.79 Å². The van der Waals surface area contributed by atoms with E-state index >= 15 is 0 Å². The van der Waals surface area contributed by atoms with Crippen LogP contribution in [0, 0.1) is 0 Å². The number of alkyl halides is 1. The molecular formula is C21H24ClNO2. The molecule has 3 rings (SSSR count). The number of aliphatic imine (C=N–C) groups is 1. The van der Waals surface area contributed by atoms with E-state index in [4.69, 9.17) is 16.0 Å². The van der Waals surface area contributed by atoms with Gasteiger partial charge in [0.2, 0.25) is 0 Å². The van der Waals surface area contributed by atoms with E-state index in [2.05, 4.69) is 11.1 Å². The number of rotatable bonds is 3. The van der Waals surface area contributed by atoms with E-state index in [1.165, 1.54) is 0 Å². The molecule has 0 spiro atoms. The zero-order valence-corrected chi connectivity index (χ0v) is 15.7. The second-order valence-electron chi connectivity index (χ2n) is 5.48. The lowest BCUT2D eigenvalue weighted by Crippen LogP contribution is -2.14. The highest BCUT2D eigenvalue weighted by Crippen LogP contribution is 2.27. The Morgan fingerprint density at radius 2 is 2.16 bits per heavy atom. The number of hydrogen-bond acceptors (Lipinski definition) is 3. The van der Waals surface area contributed by atoms with Crippen LogP contribution in [0.1, 0.15) is 56.3 Å². The molecule has 4 heteroatoms. The fourth-order valence-electron chi connectivity index (χ4n) is 2.88. The number of halogens is 1. The van der Waals surface area contributed by atoms with Crippen LogP contribution < -0.4 is 5.43 Å². The van der Waals surface area contributed by atoms with Crippen molar-refractivity contribution in [3.63, 3.8) is 0 Å². The Balaban J connectivity index is 0.00000109. The van der Waals surface area contributed by atoms with Crippen LogP contribution in [0.5, 0.6) is 0 Å². The quantitative estimate of drug-likeness (QED) is 0.627. The average molecular weight is 358 g/mol. The molecule has 0 aliphatic carbocycles. The first kappa shape index (κ1) is 19.2. The fraction of sp³-hybridized carbons (Fsp3) is 0.333. The Bertz CT molecular complexity index is 862. The van der Waals surface area contributed by atoms with Gasteiger partial charge in [0.1, 0.15) is 11.8 Å². The number of fused-ring (bicyclic) bond motifs is 1. The lowest BCUT2D eigenvalue weighted by molar-refractivity contribution is 0.568. The summed E-state index contributed by atoms with van der Waals surface area (Å²) in [6, 6.07) is 3.55. The smallest absolute Gasteiger partial charge is 0.198 e. The SMILES string of the molecule is C/C=C\c1c(CCl)ccc2occ(C3CCC=CC=N3)c(=O)c12.CC. The fourth-order valence-corrected chi connectivity index (χ4v) is 3.11. The van der Waals surface area contributed by atoms with Gasteiger partial charge in [-0.2, -0.15) is 0 Å². The molecule has 0 N–H and O–H groups in total. The van der Waals surface area contributed by atoms with Crippen LogP contribution in [0.25, 0.3) is 17.0 Å². The Kier molecular flexibility index (Phi) is 7.20. The molecule has 1 aromatic heterocycles. The largest absolute Gasteiger partial charge is 0.464 e. The minimum absolute atomic E-state index is 0.0182. The van der Waals surface area contributed by atoms with Gasteiger partial charge in [-0.05, 0) is 43.0 Å². The van der Waals surface area contributed by atoms with E-state index in [0.717, 1.165) is 24.0 Å². The summed E-state index contributed by atoms with van der Waals surface area (Å²) in [4.78, 5) is 17.5. The van der Waals surface area contributed by atoms with Gasteiger partial charge in [0.05, 0.1) is 17.0 Å². The van der Waals surface area contributed by atoms with E-state index in [1.807, 2.05) is 51.1 Å². The molecule has 1 unspecified atom stereocenters. The second kappa shape index (κ2) is 9.38. The Hall–Kier alpha value is -2.13. The van der Waals surface area contributed by atoms with E-state index in [1.54, 1.807) is 12.5 Å². The van der Waals surface area contributed by atoms with E-state index in [-0.39, 0.29) is 11.5 Å². The van der Waals surface area contributed by atoms with Crippen LogP contribution in [0.2, 0.25) is 0 Å². The highest BCUT2D eigenvalue weighted by molar-refractivity contribution is 6.17. The van der Waals surface area contributed by atoms with Crippen molar-refractivity contribution in [2.45, 2.75) is 45.5 Å². The van der Waals surface area contributed by atoms with Gasteiger partial charge in [-0.1, -0.05) is 38.1 Å². The maximum atomic E-state index is 13.1. The lowest BCUT2D eigenvalue weighted by Gasteiger charge is -2.12. The maximum Gasteiger partial charge on any atom is 0.198 e. The highest BCUT2D eigenvalue weighted by atomic mass is 35.5. The molecule has 1 atom stereocenters. The summed E-state index contributed by atoms with van der Waals surface area (Å²) in [7, 11) is 0. The van der Waals surface area contributed by atoms with Crippen LogP contribution in [-0.2, 0) is 5.88 Å². The minimum Gasteiger partial charge on any atom is -0.464 e. The third-order valence-electron chi connectivity index (χ3n) is 4.03. The van der Waals surface area contributed by atoms with Crippen LogP contribution >= 0.6 is 11.6 Å². The minimum atomic E-state index is -0.163. The molecule has 1 aliphatic rings. The van der Waals surface area contributed by atoms with Crippen LogP contribution in [0.15, 0.2) is 50.8 Å². The third kappa shape index (κ3) is 4.10. The zero-order valence-electron chi connectivity index (χ0n) is 15.0. The zero-order chi connectivity index (χ0) is 18.2. The van der Waals surface area contributed by atoms with Gasteiger partial charge in [0.25, 0.3) is 0 Å². The standard InChI is InChI=1S/C19H18ClNO2.C2H6/c1-2-6-14-13(11-20)8-9-17-18(14)19(22)15(12-23-17)16-7-4-3-5-10-21-16;1-2/h2-3,5-6,8-10,12,16H,4,7,11H2,1H3;1-2H3/b6-2-;. The summed E-state index contributed by atoms with van der Waals surface area (Å²) in [5, 5.41) is 0.589. The summed E-state index contributed by atoms with van der Waals surface area (Å²) in [6.07, 6.45) is 12.8. The number of benzene rings is 1. The van der Waals surface area contributed by atoms with Gasteiger partial charge >= 0.3 is 0 Å². The van der Waals surface area contributed by atoms with Gasteiger partial charge in [-0.15, -0.1) is 11.6 Å². The summed E-state index contributed by atoms with van der Waals surface area (Å²) in [5.74, 6) is 0.352. The predicted octanol–water partition coefficient (Wildman–Crippen LogP) is 6.05. The van der Waals surface area contributed by atoms with Crippen LogP contribution in [0.3, 0.4) is 0 Å². The third-order valence-corrected chi connectivity index (χ3v) is 4.32. The number of allylic oxidation sites excluding steroid dienone is 3. The Morgan fingerprint density at radius 3 is 2.88 bits per heavy atom. The predicted molar refractivity (Wildman–Crippen MR) is 108 cm³/mol. The molecule has 0 bridgehead atoms. The lowest BCUT2D eigenvalue weighted by atomic mass is 9.98. The second-order valence-corrected chi connectivity index (χ2v) is 5.75.